The van der Waals surface area contributed by atoms with Gasteiger partial charge in [-0.1, -0.05) is 0 Å². The third kappa shape index (κ3) is 2.26. The van der Waals surface area contributed by atoms with Crippen LogP contribution in [0.25, 0.3) is 5.78 Å². The Hall–Kier alpha value is -2.08. The average Bonchev–Trinajstić information content (AvgIpc) is 3.07. The molecule has 3 rings (SSSR count). The first kappa shape index (κ1) is 12.0. The second-order valence-electron chi connectivity index (χ2n) is 4.57. The molecule has 19 heavy (non-hydrogen) atoms. The number of hydrogen-bond acceptors (Lipinski definition) is 4. The van der Waals surface area contributed by atoms with Crippen LogP contribution >= 0.6 is 0 Å². The number of aryl methyl sites for hydroxylation is 3. The van der Waals surface area contributed by atoms with Gasteiger partial charge in [0.05, 0.1) is 18.2 Å². The molecule has 100 valence electrons. The first-order chi connectivity index (χ1) is 9.28. The number of nitrogens with zero attached hydrogens (tertiary/aromatic N) is 4. The van der Waals surface area contributed by atoms with Crippen molar-refractivity contribution >= 4 is 5.78 Å². The number of nitrogens with two attached hydrogens (primary N) is 1. The van der Waals surface area contributed by atoms with E-state index in [0.717, 1.165) is 42.3 Å². The fraction of sp³-hybridized carbons (Fsp3) is 0.385. The molecule has 0 aromatic carbocycles. The lowest BCUT2D eigenvalue weighted by Gasteiger charge is -1.98. The van der Waals surface area contributed by atoms with Crippen molar-refractivity contribution in [3.05, 3.63) is 41.9 Å². The Morgan fingerprint density at radius 1 is 1.32 bits per heavy atom. The van der Waals surface area contributed by atoms with E-state index in [1.54, 1.807) is 6.26 Å². The van der Waals surface area contributed by atoms with Crippen molar-refractivity contribution in [2.75, 3.05) is 6.54 Å². The van der Waals surface area contributed by atoms with Gasteiger partial charge in [0.1, 0.15) is 11.6 Å². The van der Waals surface area contributed by atoms with E-state index < -0.39 is 0 Å². The van der Waals surface area contributed by atoms with E-state index in [0.29, 0.717) is 6.54 Å². The second-order valence-corrected chi connectivity index (χ2v) is 4.57. The second kappa shape index (κ2) is 4.89. The van der Waals surface area contributed by atoms with E-state index in [4.69, 9.17) is 10.2 Å². The average molecular weight is 259 g/mol. The van der Waals surface area contributed by atoms with Gasteiger partial charge < -0.3 is 14.7 Å². The van der Waals surface area contributed by atoms with Crippen LogP contribution in [0.3, 0.4) is 0 Å². The molecule has 2 N–H and O–H groups in total. The summed E-state index contributed by atoms with van der Waals surface area (Å²) in [5.41, 5.74) is 6.52. The van der Waals surface area contributed by atoms with Crippen molar-refractivity contribution in [1.82, 2.24) is 19.2 Å². The van der Waals surface area contributed by atoms with Gasteiger partial charge in [0.25, 0.3) is 0 Å². The Bertz CT molecular complexity index is 665. The standard InChI is InChI=1S/C13H17N5O/c1-17-12(5-4-11-3-2-8-19-11)16-18-9-10(6-7-14)15-13(17)18/h2-3,8-9H,4-7,14H2,1H3. The summed E-state index contributed by atoms with van der Waals surface area (Å²) in [6.45, 7) is 0.606. The van der Waals surface area contributed by atoms with Gasteiger partial charge in [-0.05, 0) is 18.7 Å². The predicted octanol–water partition coefficient (Wildman–Crippen LogP) is 0.947. The summed E-state index contributed by atoms with van der Waals surface area (Å²) in [4.78, 5) is 4.53. The monoisotopic (exact) mass is 259 g/mol. The quantitative estimate of drug-likeness (QED) is 0.740. The van der Waals surface area contributed by atoms with Gasteiger partial charge in [0.2, 0.25) is 5.78 Å². The van der Waals surface area contributed by atoms with Crippen LogP contribution in [-0.4, -0.2) is 25.7 Å². The van der Waals surface area contributed by atoms with Crippen molar-refractivity contribution in [2.45, 2.75) is 19.3 Å². The molecule has 0 amide bonds. The van der Waals surface area contributed by atoms with Crippen LogP contribution in [-0.2, 0) is 26.3 Å². The van der Waals surface area contributed by atoms with Crippen molar-refractivity contribution in [3.63, 3.8) is 0 Å². The largest absolute Gasteiger partial charge is 0.469 e. The van der Waals surface area contributed by atoms with Gasteiger partial charge in [-0.3, -0.25) is 0 Å². The van der Waals surface area contributed by atoms with Crippen LogP contribution in [0.1, 0.15) is 17.3 Å². The summed E-state index contributed by atoms with van der Waals surface area (Å²) < 4.78 is 9.17. The Morgan fingerprint density at radius 3 is 2.89 bits per heavy atom. The van der Waals surface area contributed by atoms with Gasteiger partial charge in [-0.25, -0.2) is 9.50 Å². The smallest absolute Gasteiger partial charge is 0.232 e. The van der Waals surface area contributed by atoms with E-state index in [2.05, 4.69) is 10.1 Å². The minimum atomic E-state index is 0.606. The molecule has 0 fully saturated rings. The molecule has 3 aromatic rings. The fourth-order valence-corrected chi connectivity index (χ4v) is 2.19. The summed E-state index contributed by atoms with van der Waals surface area (Å²) >= 11 is 0. The van der Waals surface area contributed by atoms with E-state index in [-0.39, 0.29) is 0 Å². The molecule has 6 heteroatoms. The molecule has 3 aromatic heterocycles. The van der Waals surface area contributed by atoms with Crippen LogP contribution in [0.15, 0.2) is 29.0 Å². The van der Waals surface area contributed by atoms with E-state index in [9.17, 15) is 0 Å². The molecule has 0 aliphatic rings. The highest BCUT2D eigenvalue weighted by Gasteiger charge is 2.11. The zero-order chi connectivity index (χ0) is 13.2. The van der Waals surface area contributed by atoms with Gasteiger partial charge in [-0.15, -0.1) is 0 Å². The number of aromatic nitrogens is 4. The highest BCUT2D eigenvalue weighted by Crippen LogP contribution is 2.10. The van der Waals surface area contributed by atoms with E-state index in [1.807, 2.05) is 34.5 Å². The summed E-state index contributed by atoms with van der Waals surface area (Å²) in [5.74, 6) is 2.83. The highest BCUT2D eigenvalue weighted by atomic mass is 16.3. The molecule has 3 heterocycles. The minimum Gasteiger partial charge on any atom is -0.469 e. The summed E-state index contributed by atoms with van der Waals surface area (Å²) in [6, 6.07) is 3.88. The summed E-state index contributed by atoms with van der Waals surface area (Å²) in [7, 11) is 1.99. The van der Waals surface area contributed by atoms with Gasteiger partial charge >= 0.3 is 0 Å². The minimum absolute atomic E-state index is 0.606. The zero-order valence-corrected chi connectivity index (χ0v) is 10.9. The van der Waals surface area contributed by atoms with Crippen molar-refractivity contribution in [1.29, 1.82) is 0 Å². The lowest BCUT2D eigenvalue weighted by molar-refractivity contribution is 0.504. The maximum Gasteiger partial charge on any atom is 0.232 e. The lowest BCUT2D eigenvalue weighted by Crippen LogP contribution is -2.04. The van der Waals surface area contributed by atoms with Gasteiger partial charge in [-0.2, -0.15) is 5.10 Å². The van der Waals surface area contributed by atoms with Crippen molar-refractivity contribution < 1.29 is 4.42 Å². The van der Waals surface area contributed by atoms with Crippen LogP contribution in [0, 0.1) is 0 Å². The van der Waals surface area contributed by atoms with Gasteiger partial charge in [0.15, 0.2) is 0 Å². The maximum atomic E-state index is 5.53. The van der Waals surface area contributed by atoms with E-state index in [1.165, 1.54) is 0 Å². The van der Waals surface area contributed by atoms with Crippen LogP contribution in [0.5, 0.6) is 0 Å². The first-order valence-electron chi connectivity index (χ1n) is 6.40. The molecule has 0 atom stereocenters. The fourth-order valence-electron chi connectivity index (χ4n) is 2.19. The molecule has 0 spiro atoms. The molecule has 0 saturated heterocycles. The SMILES string of the molecule is Cn1c(CCc2ccco2)nn2cc(CCN)nc12. The number of hydrogen-bond donors (Lipinski definition) is 1. The van der Waals surface area contributed by atoms with Crippen LogP contribution in [0.2, 0.25) is 0 Å². The molecule has 0 saturated carbocycles. The zero-order valence-electron chi connectivity index (χ0n) is 10.9. The summed E-state index contributed by atoms with van der Waals surface area (Å²) in [5, 5.41) is 4.55. The summed E-state index contributed by atoms with van der Waals surface area (Å²) in [6.07, 6.45) is 6.10. The molecule has 0 aliphatic heterocycles. The first-order valence-corrected chi connectivity index (χ1v) is 6.40. The molecular weight excluding hydrogens is 242 g/mol. The van der Waals surface area contributed by atoms with Gasteiger partial charge in [0, 0.05) is 26.3 Å². The topological polar surface area (TPSA) is 74.3 Å². The maximum absolute atomic E-state index is 5.53. The molecule has 0 unspecified atom stereocenters. The van der Waals surface area contributed by atoms with Crippen molar-refractivity contribution in [3.8, 4) is 0 Å². The van der Waals surface area contributed by atoms with Crippen LogP contribution in [0.4, 0.5) is 0 Å². The molecule has 6 nitrogen and oxygen atoms in total. The molecule has 0 bridgehead atoms. The van der Waals surface area contributed by atoms with Crippen LogP contribution < -0.4 is 5.73 Å². The number of furan rings is 1. The Kier molecular flexibility index (Phi) is 3.08. The highest BCUT2D eigenvalue weighted by molar-refractivity contribution is 5.32. The molecule has 0 aliphatic carbocycles. The Labute approximate surface area is 110 Å². The molecule has 0 radical (unpaired) electrons. The predicted molar refractivity (Wildman–Crippen MR) is 70.8 cm³/mol. The van der Waals surface area contributed by atoms with Crippen molar-refractivity contribution in [2.24, 2.45) is 12.8 Å². The Balaban J connectivity index is 1.80. The normalized spacial score (nSPS) is 11.5. The Morgan fingerprint density at radius 2 is 2.21 bits per heavy atom. The third-order valence-corrected chi connectivity index (χ3v) is 3.21. The lowest BCUT2D eigenvalue weighted by atomic mass is 10.2. The third-order valence-electron chi connectivity index (χ3n) is 3.21. The number of fused-ring (bicyclic) bond motifs is 1. The molecular formula is C13H17N5O. The number of rotatable bonds is 5. The van der Waals surface area contributed by atoms with E-state index >= 15 is 0 Å². The number of imidazole rings is 1.